The van der Waals surface area contributed by atoms with E-state index >= 15 is 0 Å². The molecule has 2 rings (SSSR count). The highest BCUT2D eigenvalue weighted by molar-refractivity contribution is 7.91. The molecule has 0 spiro atoms. The van der Waals surface area contributed by atoms with Gasteiger partial charge in [0.1, 0.15) is 0 Å². The number of hydrogen-bond donors (Lipinski definition) is 1. The van der Waals surface area contributed by atoms with Gasteiger partial charge in [0, 0.05) is 0 Å². The van der Waals surface area contributed by atoms with Crippen LogP contribution in [-0.4, -0.2) is 20.2 Å². The fourth-order valence-electron chi connectivity index (χ4n) is 2.30. The maximum absolute atomic E-state index is 12.1. The average molecular weight is 250 g/mol. The summed E-state index contributed by atoms with van der Waals surface area (Å²) in [5.74, 6) is -0.00252. The van der Waals surface area contributed by atoms with E-state index in [1.54, 1.807) is 6.92 Å². The van der Waals surface area contributed by atoms with Crippen LogP contribution < -0.4 is 5.32 Å². The first-order valence-corrected chi connectivity index (χ1v) is 7.07. The zero-order chi connectivity index (χ0) is 12.6. The quantitative estimate of drug-likeness (QED) is 0.825. The van der Waals surface area contributed by atoms with Gasteiger partial charge in [0.15, 0.2) is 9.84 Å². The highest BCUT2D eigenvalue weighted by Gasteiger charge is 2.31. The molecular weight excluding hydrogens is 236 g/mol. The molecule has 1 atom stereocenters. The summed E-state index contributed by atoms with van der Waals surface area (Å²) < 4.78 is 24.3. The topological polar surface area (TPSA) is 70.0 Å². The van der Waals surface area contributed by atoms with Crippen LogP contribution in [0.3, 0.4) is 0 Å². The molecule has 17 heavy (non-hydrogen) atoms. The molecule has 1 aliphatic rings. The number of rotatable bonds is 1. The van der Waals surface area contributed by atoms with E-state index in [1.807, 2.05) is 25.1 Å². The molecule has 1 aromatic carbocycles. The molecule has 1 aromatic rings. The van der Waals surface area contributed by atoms with Crippen molar-refractivity contribution in [3.05, 3.63) is 23.3 Å². The summed E-state index contributed by atoms with van der Waals surface area (Å²) in [5.41, 5.74) is 2.42. The van der Waals surface area contributed by atoms with Crippen LogP contribution in [0, 0.1) is 25.2 Å². The highest BCUT2D eigenvalue weighted by Crippen LogP contribution is 2.33. The predicted octanol–water partition coefficient (Wildman–Crippen LogP) is 1.78. The van der Waals surface area contributed by atoms with Crippen LogP contribution in [0.2, 0.25) is 0 Å². The first-order valence-electron chi connectivity index (χ1n) is 5.41. The number of hydrogen-bond acceptors (Lipinski definition) is 4. The van der Waals surface area contributed by atoms with Crippen LogP contribution in [0.1, 0.15) is 17.5 Å². The van der Waals surface area contributed by atoms with Gasteiger partial charge in [-0.25, -0.2) is 8.42 Å². The molecule has 1 heterocycles. The largest absolute Gasteiger partial charge is 0.379 e. The van der Waals surface area contributed by atoms with E-state index in [0.717, 1.165) is 11.1 Å². The summed E-state index contributed by atoms with van der Waals surface area (Å²) in [6.45, 7) is 3.73. The first-order chi connectivity index (χ1) is 7.94. The molecule has 0 bridgehead atoms. The third kappa shape index (κ3) is 2.13. The standard InChI is InChI=1S/C12H14N2O2S/c1-8-5-9(2)12-11(6-8)14-10(3-4-13)7-17(12,15)16/h5-6,10,14H,3,7H2,1-2H3. The van der Waals surface area contributed by atoms with Crippen LogP contribution >= 0.6 is 0 Å². The lowest BCUT2D eigenvalue weighted by Crippen LogP contribution is -2.34. The van der Waals surface area contributed by atoms with Gasteiger partial charge in [0.2, 0.25) is 0 Å². The molecule has 4 nitrogen and oxygen atoms in total. The number of benzene rings is 1. The fraction of sp³-hybridized carbons (Fsp3) is 0.417. The third-order valence-electron chi connectivity index (χ3n) is 2.85. The van der Waals surface area contributed by atoms with Crippen molar-refractivity contribution in [1.29, 1.82) is 5.26 Å². The van der Waals surface area contributed by atoms with Crippen molar-refractivity contribution in [1.82, 2.24) is 0 Å². The molecule has 1 N–H and O–H groups in total. The Bertz CT molecular complexity index is 600. The normalized spacial score (nSPS) is 21.1. The Balaban J connectivity index is 2.58. The zero-order valence-electron chi connectivity index (χ0n) is 9.82. The van der Waals surface area contributed by atoms with Crippen LogP contribution in [0.5, 0.6) is 0 Å². The molecule has 90 valence electrons. The Hall–Kier alpha value is -1.54. The second kappa shape index (κ2) is 4.04. The van der Waals surface area contributed by atoms with Gasteiger partial charge in [0.05, 0.1) is 34.9 Å². The van der Waals surface area contributed by atoms with Crippen molar-refractivity contribution in [2.75, 3.05) is 11.1 Å². The van der Waals surface area contributed by atoms with E-state index in [2.05, 4.69) is 5.32 Å². The lowest BCUT2D eigenvalue weighted by molar-refractivity contribution is 0.585. The Morgan fingerprint density at radius 3 is 2.82 bits per heavy atom. The minimum absolute atomic E-state index is 0.00252. The van der Waals surface area contributed by atoms with Crippen LogP contribution in [0.15, 0.2) is 17.0 Å². The number of anilines is 1. The molecule has 1 aliphatic heterocycles. The molecule has 0 amide bonds. The maximum Gasteiger partial charge on any atom is 0.182 e. The minimum atomic E-state index is -3.27. The Morgan fingerprint density at radius 1 is 1.47 bits per heavy atom. The number of aryl methyl sites for hydroxylation is 2. The molecule has 0 saturated heterocycles. The van der Waals surface area contributed by atoms with Gasteiger partial charge < -0.3 is 5.32 Å². The Labute approximate surface area is 101 Å². The van der Waals surface area contributed by atoms with Gasteiger partial charge in [-0.3, -0.25) is 0 Å². The fourth-order valence-corrected chi connectivity index (χ4v) is 4.20. The smallest absolute Gasteiger partial charge is 0.182 e. The Morgan fingerprint density at radius 2 is 2.18 bits per heavy atom. The van der Waals surface area contributed by atoms with E-state index in [9.17, 15) is 8.42 Å². The first kappa shape index (κ1) is 11.9. The molecular formula is C12H14N2O2S. The lowest BCUT2D eigenvalue weighted by Gasteiger charge is -2.27. The highest BCUT2D eigenvalue weighted by atomic mass is 32.2. The van der Waals surface area contributed by atoms with Gasteiger partial charge in [-0.1, -0.05) is 6.07 Å². The van der Waals surface area contributed by atoms with E-state index in [-0.39, 0.29) is 18.2 Å². The van der Waals surface area contributed by atoms with E-state index in [1.165, 1.54) is 0 Å². The van der Waals surface area contributed by atoms with E-state index < -0.39 is 9.84 Å². The van der Waals surface area contributed by atoms with Crippen molar-refractivity contribution >= 4 is 15.5 Å². The molecule has 0 radical (unpaired) electrons. The van der Waals surface area contributed by atoms with Crippen molar-refractivity contribution in [2.45, 2.75) is 31.2 Å². The second-order valence-corrected chi connectivity index (χ2v) is 6.41. The molecule has 1 unspecified atom stereocenters. The van der Waals surface area contributed by atoms with Gasteiger partial charge in [-0.05, 0) is 31.0 Å². The lowest BCUT2D eigenvalue weighted by atomic mass is 10.1. The monoisotopic (exact) mass is 250 g/mol. The van der Waals surface area contributed by atoms with Gasteiger partial charge in [-0.2, -0.15) is 5.26 Å². The molecule has 0 saturated carbocycles. The SMILES string of the molecule is Cc1cc(C)c2c(c1)NC(CC#N)CS2(=O)=O. The second-order valence-electron chi connectivity index (χ2n) is 4.44. The third-order valence-corrected chi connectivity index (χ3v) is 4.85. The van der Waals surface area contributed by atoms with Crippen molar-refractivity contribution < 1.29 is 8.42 Å². The Kier molecular flexibility index (Phi) is 2.84. The summed E-state index contributed by atoms with van der Waals surface area (Å²) in [5, 5.41) is 11.8. The number of nitrogens with one attached hydrogen (secondary N) is 1. The summed E-state index contributed by atoms with van der Waals surface area (Å²) >= 11 is 0. The molecule has 5 heteroatoms. The zero-order valence-corrected chi connectivity index (χ0v) is 10.6. The maximum atomic E-state index is 12.1. The number of sulfone groups is 1. The minimum Gasteiger partial charge on any atom is -0.379 e. The van der Waals surface area contributed by atoms with E-state index in [0.29, 0.717) is 10.6 Å². The summed E-state index contributed by atoms with van der Waals surface area (Å²) in [6.07, 6.45) is 0.200. The van der Waals surface area contributed by atoms with E-state index in [4.69, 9.17) is 5.26 Å². The number of nitrogens with zero attached hydrogens (tertiary/aromatic N) is 1. The number of fused-ring (bicyclic) bond motifs is 1. The summed E-state index contributed by atoms with van der Waals surface area (Å²) in [6, 6.07) is 5.39. The van der Waals surface area contributed by atoms with Gasteiger partial charge >= 0.3 is 0 Å². The molecule has 0 aliphatic carbocycles. The van der Waals surface area contributed by atoms with Crippen molar-refractivity contribution in [3.8, 4) is 6.07 Å². The summed E-state index contributed by atoms with van der Waals surface area (Å²) in [4.78, 5) is 0.386. The van der Waals surface area contributed by atoms with Gasteiger partial charge in [0.25, 0.3) is 0 Å². The van der Waals surface area contributed by atoms with Crippen LogP contribution in [-0.2, 0) is 9.84 Å². The van der Waals surface area contributed by atoms with Gasteiger partial charge in [-0.15, -0.1) is 0 Å². The summed E-state index contributed by atoms with van der Waals surface area (Å²) in [7, 11) is -3.27. The molecule has 0 aromatic heterocycles. The van der Waals surface area contributed by atoms with Crippen LogP contribution in [0.25, 0.3) is 0 Å². The molecule has 0 fully saturated rings. The van der Waals surface area contributed by atoms with Crippen molar-refractivity contribution in [3.63, 3.8) is 0 Å². The average Bonchev–Trinajstić information content (AvgIpc) is 2.13. The number of nitriles is 1. The predicted molar refractivity (Wildman–Crippen MR) is 65.6 cm³/mol. The van der Waals surface area contributed by atoms with Crippen molar-refractivity contribution in [2.24, 2.45) is 0 Å². The van der Waals surface area contributed by atoms with Crippen LogP contribution in [0.4, 0.5) is 5.69 Å².